The molecule has 3 aliphatic carbocycles. The van der Waals surface area contributed by atoms with Gasteiger partial charge in [0.05, 0.1) is 44.5 Å². The Morgan fingerprint density at radius 2 is 0.508 bits per heavy atom. The molecule has 22 aromatic carbocycles. The molecule has 6 heteroatoms. The fourth-order valence-corrected chi connectivity index (χ4v) is 23.8. The molecule has 0 radical (unpaired) electrons. The van der Waals surface area contributed by atoms with E-state index in [1.54, 1.807) is 0 Å². The Morgan fingerprint density at radius 1 is 0.167 bits per heavy atom. The summed E-state index contributed by atoms with van der Waals surface area (Å²) in [6.45, 7) is 0. The van der Waals surface area contributed by atoms with Gasteiger partial charge in [-0.3, -0.25) is 0 Å². The molecule has 0 N–H and O–H groups in total. The van der Waals surface area contributed by atoms with Gasteiger partial charge in [-0.2, -0.15) is 0 Å². The van der Waals surface area contributed by atoms with Gasteiger partial charge in [-0.25, -0.2) is 0 Å². The molecule has 126 heavy (non-hydrogen) atoms. The van der Waals surface area contributed by atoms with Crippen LogP contribution < -0.4 is 0 Å². The van der Waals surface area contributed by atoms with Gasteiger partial charge in [0.25, 0.3) is 0 Å². The lowest BCUT2D eigenvalue weighted by atomic mass is 9.94. The number of fused-ring (bicyclic) bond motifs is 33. The third-order valence-corrected chi connectivity index (χ3v) is 29.1. The van der Waals surface area contributed by atoms with E-state index in [9.17, 15) is 0 Å². The Bertz CT molecular complexity index is 9310. The van der Waals surface area contributed by atoms with Crippen molar-refractivity contribution < 1.29 is 8.83 Å². The number of thiophene rings is 1. The highest BCUT2D eigenvalue weighted by Gasteiger charge is 2.30. The maximum atomic E-state index is 6.37. The predicted octanol–water partition coefficient (Wildman–Crippen LogP) is 34.0. The van der Waals surface area contributed by atoms with Crippen LogP contribution in [0.15, 0.2) is 415 Å². The van der Waals surface area contributed by atoms with Crippen molar-refractivity contribution in [1.29, 1.82) is 0 Å². The highest BCUT2D eigenvalue weighted by atomic mass is 32.1. The molecule has 0 aliphatic heterocycles. The van der Waals surface area contributed by atoms with Crippen molar-refractivity contribution in [2.45, 2.75) is 0 Å². The summed E-state index contributed by atoms with van der Waals surface area (Å²) in [4.78, 5) is 0. The SMILES string of the molecule is c1ccc2c(c1)-c1cccc3c(-c4ccc(-n5c6cc7c(cc6c6c8ccccc8ccc65)oc5ccccc57)cc4)ccc-2c13.c1ccc2c(c1)-c1cccc3c(-n4c5cc6c(cc5c5c7ccccc7ccc54)oc4ccccc46)ccc-2c13.c1ccc2c(c1)-c1cccc3c(-n4c5cc6c(cc5c5c7ccccc7ccc54)sc4ccccc46)ccc-2c13. The monoisotopic (exact) mass is 1610 g/mol. The summed E-state index contributed by atoms with van der Waals surface area (Å²) in [5, 5.41) is 30.4. The van der Waals surface area contributed by atoms with Crippen LogP contribution in [0.2, 0.25) is 0 Å². The summed E-state index contributed by atoms with van der Waals surface area (Å²) in [6.07, 6.45) is 0. The van der Waals surface area contributed by atoms with E-state index in [0.29, 0.717) is 0 Å². The maximum absolute atomic E-state index is 6.37. The van der Waals surface area contributed by atoms with Gasteiger partial charge in [-0.1, -0.05) is 309 Å². The topological polar surface area (TPSA) is 41.1 Å². The molecule has 3 aliphatic rings. The summed E-state index contributed by atoms with van der Waals surface area (Å²) in [5.41, 5.74) is 33.0. The number of nitrogens with zero attached hydrogens (tertiary/aromatic N) is 3. The minimum absolute atomic E-state index is 0.920. The first-order chi connectivity index (χ1) is 62.5. The van der Waals surface area contributed by atoms with Crippen LogP contribution in [-0.2, 0) is 0 Å². The van der Waals surface area contributed by atoms with E-state index in [2.05, 4.69) is 408 Å². The number of hydrogen-bond donors (Lipinski definition) is 0. The number of aromatic nitrogens is 3. The second-order valence-corrected chi connectivity index (χ2v) is 35.3. The normalized spacial score (nSPS) is 12.4. The molecule has 0 bridgehead atoms. The van der Waals surface area contributed by atoms with Gasteiger partial charge in [-0.15, -0.1) is 11.3 Å². The minimum atomic E-state index is 0.920. The third kappa shape index (κ3) is 9.41. The number of rotatable bonds is 4. The zero-order valence-electron chi connectivity index (χ0n) is 67.7. The van der Waals surface area contributed by atoms with Gasteiger partial charge in [0.15, 0.2) is 0 Å². The summed E-state index contributed by atoms with van der Waals surface area (Å²) in [6, 6.07) is 149. The molecule has 0 fully saturated rings. The quantitative estimate of drug-likeness (QED) is 0.176. The second-order valence-electron chi connectivity index (χ2n) is 34.2. The maximum Gasteiger partial charge on any atom is 0.136 e. The molecule has 0 saturated heterocycles. The molecule has 6 aromatic heterocycles. The molecule has 0 atom stereocenters. The standard InChI is InChI=1S/C44H25NO.C38H21NO.C38H21NS/c1-2-9-30-26(8-1)18-23-39-44(30)38-25-42-37(33-12-5-6-15-41(33)46-42)24-40(38)45(39)28-19-16-27(17-20-28)29-21-22-36-32-11-4-3-10-31(32)35-14-7-13-34(29)43(35)36;2*1-2-9-23-22(8-1)16-18-33-38(23)31-21-36-30(26-12-5-6-15-35(26)40-36)20-34(31)39(33)32-19-17-28-25-11-4-3-10-24(25)27-13-7-14-29(32)37(27)28/h1-25H;2*1-21H. The van der Waals surface area contributed by atoms with Crippen LogP contribution in [-0.4, -0.2) is 13.7 Å². The molecule has 580 valence electrons. The Morgan fingerprint density at radius 3 is 0.984 bits per heavy atom. The Labute approximate surface area is 724 Å². The Balaban J connectivity index is 0.0000000944. The Kier molecular flexibility index (Phi) is 13.9. The van der Waals surface area contributed by atoms with E-state index in [0.717, 1.165) is 49.6 Å². The van der Waals surface area contributed by atoms with Gasteiger partial charge in [0.1, 0.15) is 22.3 Å². The first kappa shape index (κ1) is 68.3. The number of furan rings is 2. The smallest absolute Gasteiger partial charge is 0.136 e. The van der Waals surface area contributed by atoms with Gasteiger partial charge in [0, 0.05) is 90.5 Å². The highest BCUT2D eigenvalue weighted by Crippen LogP contribution is 2.55. The number of para-hydroxylation sites is 2. The molecular weight excluding hydrogens is 1550 g/mol. The van der Waals surface area contributed by atoms with Gasteiger partial charge < -0.3 is 22.5 Å². The minimum Gasteiger partial charge on any atom is -0.456 e. The van der Waals surface area contributed by atoms with Crippen molar-refractivity contribution in [2.24, 2.45) is 0 Å². The van der Waals surface area contributed by atoms with E-state index >= 15 is 0 Å². The average Bonchev–Trinajstić information content (AvgIpc) is 1.56. The molecule has 28 aromatic rings. The summed E-state index contributed by atoms with van der Waals surface area (Å²) in [7, 11) is 0. The zero-order chi connectivity index (χ0) is 81.8. The van der Waals surface area contributed by atoms with Crippen molar-refractivity contribution in [2.75, 3.05) is 0 Å². The van der Waals surface area contributed by atoms with Crippen LogP contribution >= 0.6 is 11.3 Å². The number of hydrogen-bond acceptors (Lipinski definition) is 3. The molecule has 5 nitrogen and oxygen atoms in total. The van der Waals surface area contributed by atoms with Crippen LogP contribution in [0.1, 0.15) is 0 Å². The lowest BCUT2D eigenvalue weighted by molar-refractivity contribution is 0.669. The van der Waals surface area contributed by atoms with Gasteiger partial charge >= 0.3 is 0 Å². The predicted molar refractivity (Wildman–Crippen MR) is 534 cm³/mol. The van der Waals surface area contributed by atoms with Crippen LogP contribution in [0.5, 0.6) is 0 Å². The van der Waals surface area contributed by atoms with E-state index in [4.69, 9.17) is 8.83 Å². The van der Waals surface area contributed by atoms with Crippen LogP contribution in [0.3, 0.4) is 0 Å². The van der Waals surface area contributed by atoms with E-state index in [1.165, 1.54) is 239 Å². The summed E-state index contributed by atoms with van der Waals surface area (Å²) >= 11 is 1.89. The molecule has 0 saturated carbocycles. The lowest BCUT2D eigenvalue weighted by Gasteiger charge is -2.13. The summed E-state index contributed by atoms with van der Waals surface area (Å²) in [5.74, 6) is 0. The Hall–Kier alpha value is -16.4. The second kappa shape index (κ2) is 25.6. The van der Waals surface area contributed by atoms with Crippen LogP contribution in [0.4, 0.5) is 0 Å². The lowest BCUT2D eigenvalue weighted by Crippen LogP contribution is -1.96. The van der Waals surface area contributed by atoms with Crippen LogP contribution in [0, 0.1) is 0 Å². The molecule has 0 unspecified atom stereocenters. The van der Waals surface area contributed by atoms with Crippen molar-refractivity contribution in [1.82, 2.24) is 13.7 Å². The van der Waals surface area contributed by atoms with Crippen molar-refractivity contribution in [3.8, 4) is 95.0 Å². The largest absolute Gasteiger partial charge is 0.456 e. The van der Waals surface area contributed by atoms with Crippen LogP contribution in [0.25, 0.3) is 289 Å². The van der Waals surface area contributed by atoms with Crippen molar-refractivity contribution >= 4 is 205 Å². The van der Waals surface area contributed by atoms with E-state index < -0.39 is 0 Å². The molecule has 6 heterocycles. The van der Waals surface area contributed by atoms with Crippen molar-refractivity contribution in [3.05, 3.63) is 406 Å². The van der Waals surface area contributed by atoms with Gasteiger partial charge in [-0.05, 0) is 229 Å². The molecule has 0 spiro atoms. The average molecular weight is 1610 g/mol. The fraction of sp³-hybridized carbons (Fsp3) is 0. The van der Waals surface area contributed by atoms with Crippen molar-refractivity contribution in [3.63, 3.8) is 0 Å². The zero-order valence-corrected chi connectivity index (χ0v) is 68.6. The fourth-order valence-electron chi connectivity index (χ4n) is 22.6. The summed E-state index contributed by atoms with van der Waals surface area (Å²) < 4.78 is 22.8. The third-order valence-electron chi connectivity index (χ3n) is 28.0. The first-order valence-electron chi connectivity index (χ1n) is 43.4. The van der Waals surface area contributed by atoms with E-state index in [-0.39, 0.29) is 0 Å². The molecule has 0 amide bonds. The molecule has 31 rings (SSSR count). The van der Waals surface area contributed by atoms with Gasteiger partial charge in [0.2, 0.25) is 0 Å². The van der Waals surface area contributed by atoms with E-state index in [1.807, 2.05) is 23.5 Å². The number of benzene rings is 22. The highest BCUT2D eigenvalue weighted by molar-refractivity contribution is 7.25. The molecular formula is C120H67N3O2S. The first-order valence-corrected chi connectivity index (χ1v) is 44.2.